The summed E-state index contributed by atoms with van der Waals surface area (Å²) in [6.07, 6.45) is 16.1. The predicted molar refractivity (Wildman–Crippen MR) is 255 cm³/mol. The molecule has 0 saturated carbocycles. The van der Waals surface area contributed by atoms with Gasteiger partial charge < -0.3 is 33.0 Å². The zero-order chi connectivity index (χ0) is 48.7. The Hall–Kier alpha value is -8.75. The maximum absolute atomic E-state index is 15.3. The van der Waals surface area contributed by atoms with Crippen molar-refractivity contribution in [2.24, 2.45) is 0 Å². The molecule has 2 N–H and O–H groups in total. The number of aromatic nitrogens is 9. The molecule has 10 aromatic rings. The van der Waals surface area contributed by atoms with E-state index in [4.69, 9.17) is 18.6 Å². The van der Waals surface area contributed by atoms with E-state index >= 15 is 4.39 Å². The van der Waals surface area contributed by atoms with Crippen LogP contribution in [0, 0.1) is 12.7 Å². The second kappa shape index (κ2) is 18.1. The zero-order valence-corrected chi connectivity index (χ0v) is 38.6. The van der Waals surface area contributed by atoms with Gasteiger partial charge in [0, 0.05) is 83.1 Å². The number of carbonyl (C=O) groups is 2. The van der Waals surface area contributed by atoms with Crippen molar-refractivity contribution in [3.8, 4) is 45.2 Å². The van der Waals surface area contributed by atoms with Gasteiger partial charge in [0.2, 0.25) is 11.8 Å². The van der Waals surface area contributed by atoms with Crippen molar-refractivity contribution in [2.45, 2.75) is 38.7 Å². The molecule has 10 rings (SSSR count). The number of hydrogen-bond donors (Lipinski definition) is 2. The van der Waals surface area contributed by atoms with Crippen LogP contribution in [-0.2, 0) is 32.5 Å². The summed E-state index contributed by atoms with van der Waals surface area (Å²) in [4.78, 5) is 58.1. The number of sulfone groups is 1. The summed E-state index contributed by atoms with van der Waals surface area (Å²) in [5.41, 5.74) is 6.14. The molecular weight excluding hydrogens is 918 g/mol. The van der Waals surface area contributed by atoms with E-state index in [1.54, 1.807) is 82.4 Å². The number of fused-ring (bicyclic) bond motifs is 2. The summed E-state index contributed by atoms with van der Waals surface area (Å²) in [6, 6.07) is 21.3. The number of carbonyl (C=O) groups excluding carboxylic acids is 2. The lowest BCUT2D eigenvalue weighted by Crippen LogP contribution is -2.22. The van der Waals surface area contributed by atoms with E-state index in [0.29, 0.717) is 56.3 Å². The Bertz CT molecular complexity index is 3750. The van der Waals surface area contributed by atoms with Gasteiger partial charge >= 0.3 is 0 Å². The van der Waals surface area contributed by atoms with Crippen molar-refractivity contribution in [2.75, 3.05) is 16.9 Å². The first-order valence-corrected chi connectivity index (χ1v) is 23.6. The van der Waals surface area contributed by atoms with Crippen LogP contribution < -0.4 is 10.6 Å². The molecule has 20 heteroatoms. The van der Waals surface area contributed by atoms with Crippen LogP contribution >= 0.6 is 0 Å². The van der Waals surface area contributed by atoms with Gasteiger partial charge in [-0.1, -0.05) is 30.3 Å². The lowest BCUT2D eigenvalue weighted by molar-refractivity contribution is -0.0378. The second-order valence-corrected chi connectivity index (χ2v) is 19.0. The summed E-state index contributed by atoms with van der Waals surface area (Å²) < 4.78 is 60.5. The number of oxazole rings is 2. The van der Waals surface area contributed by atoms with Crippen molar-refractivity contribution >= 4 is 44.3 Å². The zero-order valence-electron chi connectivity index (χ0n) is 37.8. The van der Waals surface area contributed by atoms with Crippen LogP contribution in [0.2, 0.25) is 0 Å². The third-order valence-corrected chi connectivity index (χ3v) is 12.0. The first-order valence-electron chi connectivity index (χ1n) is 21.6. The Balaban J connectivity index is 0.859. The number of imidazole rings is 2. The summed E-state index contributed by atoms with van der Waals surface area (Å²) in [7, 11) is -3.33. The van der Waals surface area contributed by atoms with Gasteiger partial charge in [-0.25, -0.2) is 32.7 Å². The SMILES string of the molecule is Cc1cc(-c2nc(C(=O)Nc3cn4cc(C(C)(C)OCc5cc(-c6nc(C(=O)Nc7cn8cc(CS(C)(=O)=O)nc8cc7-c7ccccc7)co6)ccn5)nc4cc3-c3ccncc3F)co2)ccn1. The quantitative estimate of drug-likeness (QED) is 0.104. The number of anilines is 2. The highest BCUT2D eigenvalue weighted by Gasteiger charge is 2.27. The summed E-state index contributed by atoms with van der Waals surface area (Å²) >= 11 is 0. The van der Waals surface area contributed by atoms with E-state index < -0.39 is 33.1 Å². The number of nitrogens with one attached hydrogen (secondary N) is 2. The first-order chi connectivity index (χ1) is 33.6. The fraction of sp³-hybridized carbons (Fsp3) is 0.140. The van der Waals surface area contributed by atoms with Gasteiger partial charge in [0.1, 0.15) is 35.2 Å². The number of hydrogen-bond acceptors (Lipinski definition) is 14. The Morgan fingerprint density at radius 2 is 1.33 bits per heavy atom. The fourth-order valence-corrected chi connectivity index (χ4v) is 8.39. The molecule has 0 aliphatic heterocycles. The van der Waals surface area contributed by atoms with Crippen LogP contribution in [0.4, 0.5) is 15.8 Å². The Morgan fingerprint density at radius 3 is 2.00 bits per heavy atom. The first kappa shape index (κ1) is 45.1. The third-order valence-electron chi connectivity index (χ3n) is 11.2. The molecule has 0 unspecified atom stereocenters. The fourth-order valence-electron chi connectivity index (χ4n) is 7.71. The van der Waals surface area contributed by atoms with Crippen LogP contribution in [-0.4, -0.2) is 70.2 Å². The van der Waals surface area contributed by atoms with Gasteiger partial charge in [-0.05, 0) is 68.8 Å². The van der Waals surface area contributed by atoms with Crippen molar-refractivity contribution in [3.05, 3.63) is 175 Å². The van der Waals surface area contributed by atoms with E-state index in [-0.39, 0.29) is 46.8 Å². The number of aryl methyl sites for hydroxylation is 1. The largest absolute Gasteiger partial charge is 0.444 e. The average Bonchev–Trinajstić information content (AvgIpc) is 4.18. The lowest BCUT2D eigenvalue weighted by Gasteiger charge is -2.23. The van der Waals surface area contributed by atoms with E-state index in [9.17, 15) is 18.0 Å². The minimum absolute atomic E-state index is 0.0148. The molecule has 9 aromatic heterocycles. The molecule has 2 amide bonds. The number of amides is 2. The highest BCUT2D eigenvalue weighted by Crippen LogP contribution is 2.35. The molecule has 0 fully saturated rings. The Morgan fingerprint density at radius 1 is 0.700 bits per heavy atom. The molecule has 0 atom stereocenters. The average molecular weight is 958 g/mol. The molecule has 0 aliphatic rings. The summed E-state index contributed by atoms with van der Waals surface area (Å²) in [5.74, 6) is -1.53. The van der Waals surface area contributed by atoms with Crippen LogP contribution in [0.5, 0.6) is 0 Å². The number of benzene rings is 1. The number of ether oxygens (including phenoxy) is 1. The van der Waals surface area contributed by atoms with E-state index in [0.717, 1.165) is 23.7 Å². The minimum atomic E-state index is -3.33. The van der Waals surface area contributed by atoms with Crippen LogP contribution in [0.3, 0.4) is 0 Å². The van der Waals surface area contributed by atoms with Gasteiger partial charge in [0.05, 0.1) is 47.0 Å². The number of rotatable bonds is 14. The monoisotopic (exact) mass is 957 g/mol. The molecule has 0 spiro atoms. The van der Waals surface area contributed by atoms with E-state index in [2.05, 4.69) is 40.5 Å². The number of pyridine rings is 5. The van der Waals surface area contributed by atoms with E-state index in [1.165, 1.54) is 24.8 Å². The van der Waals surface area contributed by atoms with Gasteiger partial charge in [-0.15, -0.1) is 0 Å². The maximum atomic E-state index is 15.3. The number of nitrogens with zero attached hydrogens (tertiary/aromatic N) is 9. The van der Waals surface area contributed by atoms with Crippen molar-refractivity contribution in [3.63, 3.8) is 0 Å². The highest BCUT2D eigenvalue weighted by atomic mass is 32.2. The van der Waals surface area contributed by atoms with Crippen LogP contribution in [0.1, 0.15) is 57.6 Å². The van der Waals surface area contributed by atoms with Crippen molar-refractivity contribution in [1.29, 1.82) is 0 Å². The molecule has 9 heterocycles. The van der Waals surface area contributed by atoms with Crippen molar-refractivity contribution < 1.29 is 36.0 Å². The molecule has 0 saturated heterocycles. The minimum Gasteiger partial charge on any atom is -0.444 e. The molecule has 18 nitrogen and oxygen atoms in total. The predicted octanol–water partition coefficient (Wildman–Crippen LogP) is 8.76. The van der Waals surface area contributed by atoms with E-state index in [1.807, 2.05) is 51.1 Å². The Labute approximate surface area is 398 Å². The smallest absolute Gasteiger partial charge is 0.277 e. The molecule has 0 radical (unpaired) electrons. The maximum Gasteiger partial charge on any atom is 0.277 e. The highest BCUT2D eigenvalue weighted by molar-refractivity contribution is 7.89. The standard InChI is InChI=1S/C50H40FN11O7S/c1-29-16-31(10-14-53-29)48-58-42(26-67-48)47(64)57-40-23-62-24-43(60-45(62)19-37(40)35-12-13-52-20-38(35)51)50(2,3)69-25-33-17-32(11-15-54-33)49-59-41(27-68-49)46(63)56-39-22-61-21-34(28-70(4,65)66)55-44(61)18-36(39)30-8-6-5-7-9-30/h5-24,26-27H,25,28H2,1-4H3,(H,56,63)(H,57,64). The molecule has 0 bridgehead atoms. The van der Waals surface area contributed by atoms with Gasteiger partial charge in [-0.3, -0.25) is 24.5 Å². The lowest BCUT2D eigenvalue weighted by atomic mass is 10.1. The van der Waals surface area contributed by atoms with Crippen LogP contribution in [0.25, 0.3) is 56.5 Å². The van der Waals surface area contributed by atoms with Crippen LogP contribution in [0.15, 0.2) is 144 Å². The number of halogens is 1. The second-order valence-electron chi connectivity index (χ2n) is 16.9. The van der Waals surface area contributed by atoms with Gasteiger partial charge in [-0.2, -0.15) is 0 Å². The normalized spacial score (nSPS) is 11.9. The molecule has 1 aromatic carbocycles. The van der Waals surface area contributed by atoms with Gasteiger partial charge in [0.25, 0.3) is 11.8 Å². The molecule has 70 heavy (non-hydrogen) atoms. The molecular formula is C50H40FN11O7S. The summed E-state index contributed by atoms with van der Waals surface area (Å²) in [5, 5.41) is 5.81. The molecule has 0 aliphatic carbocycles. The topological polar surface area (TPSA) is 227 Å². The Kier molecular flexibility index (Phi) is 11.6. The summed E-state index contributed by atoms with van der Waals surface area (Å²) in [6.45, 7) is 5.57. The van der Waals surface area contributed by atoms with Gasteiger partial charge in [0.15, 0.2) is 21.2 Å². The third kappa shape index (κ3) is 9.53. The molecule has 350 valence electrons. The van der Waals surface area contributed by atoms with Crippen molar-refractivity contribution in [1.82, 2.24) is 43.7 Å².